The van der Waals surface area contributed by atoms with Crippen LogP contribution in [0.15, 0.2) is 22.8 Å². The van der Waals surface area contributed by atoms with Crippen molar-refractivity contribution < 1.29 is 9.21 Å². The molecule has 2 heterocycles. The molecule has 1 aromatic heterocycles. The number of rotatable bonds is 2. The SMILES string of the molecule is CC(C)NC(=O)N1CCC[C@H]1c1ccco1. The standard InChI is InChI=1S/C12H18N2O2/c1-9(2)13-12(15)14-7-3-5-10(14)11-6-4-8-16-11/h4,6,8-10H,3,5,7H2,1-2H3,(H,13,15)/t10-/m0/s1. The predicted molar refractivity (Wildman–Crippen MR) is 61.1 cm³/mol. The molecule has 0 radical (unpaired) electrons. The zero-order valence-electron chi connectivity index (χ0n) is 9.77. The van der Waals surface area contributed by atoms with E-state index >= 15 is 0 Å². The summed E-state index contributed by atoms with van der Waals surface area (Å²) in [5.74, 6) is 0.886. The number of hydrogen-bond donors (Lipinski definition) is 1. The van der Waals surface area contributed by atoms with E-state index in [1.807, 2.05) is 30.9 Å². The van der Waals surface area contributed by atoms with Gasteiger partial charge in [-0.3, -0.25) is 0 Å². The molecule has 1 N–H and O–H groups in total. The van der Waals surface area contributed by atoms with Crippen LogP contribution >= 0.6 is 0 Å². The molecule has 4 heteroatoms. The molecule has 1 saturated heterocycles. The number of nitrogens with one attached hydrogen (secondary N) is 1. The van der Waals surface area contributed by atoms with Gasteiger partial charge in [0.05, 0.1) is 12.3 Å². The van der Waals surface area contributed by atoms with Crippen molar-refractivity contribution in [1.29, 1.82) is 0 Å². The fourth-order valence-corrected chi connectivity index (χ4v) is 2.12. The summed E-state index contributed by atoms with van der Waals surface area (Å²) in [4.78, 5) is 13.8. The van der Waals surface area contributed by atoms with Gasteiger partial charge in [0.25, 0.3) is 0 Å². The van der Waals surface area contributed by atoms with Crippen molar-refractivity contribution in [2.45, 2.75) is 38.8 Å². The monoisotopic (exact) mass is 222 g/mol. The first-order valence-corrected chi connectivity index (χ1v) is 5.79. The molecule has 0 spiro atoms. The first-order valence-electron chi connectivity index (χ1n) is 5.79. The van der Waals surface area contributed by atoms with Crippen LogP contribution < -0.4 is 5.32 Å². The van der Waals surface area contributed by atoms with Crippen LogP contribution in [0, 0.1) is 0 Å². The van der Waals surface area contributed by atoms with E-state index in [1.54, 1.807) is 6.26 Å². The van der Waals surface area contributed by atoms with E-state index in [0.29, 0.717) is 0 Å². The molecule has 0 bridgehead atoms. The van der Waals surface area contributed by atoms with Crippen molar-refractivity contribution in [2.24, 2.45) is 0 Å². The second-order valence-electron chi connectivity index (χ2n) is 4.47. The summed E-state index contributed by atoms with van der Waals surface area (Å²) in [6.07, 6.45) is 3.68. The Morgan fingerprint density at radius 1 is 1.62 bits per heavy atom. The fourth-order valence-electron chi connectivity index (χ4n) is 2.12. The lowest BCUT2D eigenvalue weighted by Gasteiger charge is -2.24. The van der Waals surface area contributed by atoms with E-state index in [-0.39, 0.29) is 18.1 Å². The molecule has 2 rings (SSSR count). The Hall–Kier alpha value is -1.45. The highest BCUT2D eigenvalue weighted by molar-refractivity contribution is 5.75. The average Bonchev–Trinajstić information content (AvgIpc) is 2.87. The summed E-state index contributed by atoms with van der Waals surface area (Å²) in [7, 11) is 0. The zero-order chi connectivity index (χ0) is 11.5. The molecule has 2 amide bonds. The first-order chi connectivity index (χ1) is 7.68. The molecule has 4 nitrogen and oxygen atoms in total. The topological polar surface area (TPSA) is 45.5 Å². The quantitative estimate of drug-likeness (QED) is 0.835. The van der Waals surface area contributed by atoms with Gasteiger partial charge in [0.1, 0.15) is 5.76 Å². The summed E-state index contributed by atoms with van der Waals surface area (Å²) in [5.41, 5.74) is 0. The highest BCUT2D eigenvalue weighted by Gasteiger charge is 2.31. The van der Waals surface area contributed by atoms with Gasteiger partial charge in [-0.1, -0.05) is 0 Å². The highest BCUT2D eigenvalue weighted by Crippen LogP contribution is 2.31. The van der Waals surface area contributed by atoms with Crippen LogP contribution in [0.2, 0.25) is 0 Å². The average molecular weight is 222 g/mol. The Morgan fingerprint density at radius 2 is 2.44 bits per heavy atom. The van der Waals surface area contributed by atoms with Crippen molar-refractivity contribution in [2.75, 3.05) is 6.54 Å². The van der Waals surface area contributed by atoms with E-state index in [4.69, 9.17) is 4.42 Å². The maximum absolute atomic E-state index is 11.9. The predicted octanol–water partition coefficient (Wildman–Crippen LogP) is 2.53. The molecule has 0 saturated carbocycles. The molecule has 1 aliphatic heterocycles. The number of nitrogens with zero attached hydrogens (tertiary/aromatic N) is 1. The molecule has 0 unspecified atom stereocenters. The smallest absolute Gasteiger partial charge is 0.318 e. The minimum absolute atomic E-state index is 0.00824. The number of hydrogen-bond acceptors (Lipinski definition) is 2. The molecule has 0 aromatic carbocycles. The highest BCUT2D eigenvalue weighted by atomic mass is 16.3. The Morgan fingerprint density at radius 3 is 3.06 bits per heavy atom. The number of urea groups is 1. The van der Waals surface area contributed by atoms with Crippen LogP contribution in [0.25, 0.3) is 0 Å². The third-order valence-corrected chi connectivity index (χ3v) is 2.80. The van der Waals surface area contributed by atoms with Crippen molar-refractivity contribution in [1.82, 2.24) is 10.2 Å². The third kappa shape index (κ3) is 2.21. The van der Waals surface area contributed by atoms with Gasteiger partial charge in [-0.2, -0.15) is 0 Å². The van der Waals surface area contributed by atoms with E-state index < -0.39 is 0 Å². The molecule has 1 aliphatic rings. The van der Waals surface area contributed by atoms with E-state index in [0.717, 1.165) is 25.1 Å². The van der Waals surface area contributed by atoms with Crippen molar-refractivity contribution >= 4 is 6.03 Å². The van der Waals surface area contributed by atoms with Crippen molar-refractivity contribution in [3.8, 4) is 0 Å². The number of amides is 2. The Balaban J connectivity index is 2.06. The maximum atomic E-state index is 11.9. The van der Waals surface area contributed by atoms with Crippen LogP contribution in [0.4, 0.5) is 4.79 Å². The summed E-state index contributed by atoms with van der Waals surface area (Å²) < 4.78 is 5.38. The van der Waals surface area contributed by atoms with Crippen molar-refractivity contribution in [3.05, 3.63) is 24.2 Å². The lowest BCUT2D eigenvalue weighted by atomic mass is 10.2. The minimum Gasteiger partial charge on any atom is -0.467 e. The Kier molecular flexibility index (Phi) is 3.17. The molecule has 1 aromatic rings. The summed E-state index contributed by atoms with van der Waals surface area (Å²) in [6.45, 7) is 4.75. The number of carbonyl (C=O) groups is 1. The lowest BCUT2D eigenvalue weighted by Crippen LogP contribution is -2.42. The maximum Gasteiger partial charge on any atom is 0.318 e. The largest absolute Gasteiger partial charge is 0.467 e. The van der Waals surface area contributed by atoms with Gasteiger partial charge in [-0.15, -0.1) is 0 Å². The van der Waals surface area contributed by atoms with Gasteiger partial charge in [-0.25, -0.2) is 4.79 Å². The summed E-state index contributed by atoms with van der Waals surface area (Å²) >= 11 is 0. The number of carbonyl (C=O) groups excluding carboxylic acids is 1. The molecule has 1 atom stereocenters. The fraction of sp³-hybridized carbons (Fsp3) is 0.583. The van der Waals surface area contributed by atoms with Gasteiger partial charge >= 0.3 is 6.03 Å². The second-order valence-corrected chi connectivity index (χ2v) is 4.47. The summed E-state index contributed by atoms with van der Waals surface area (Å²) in [6, 6.07) is 4.09. The minimum atomic E-state index is 0.00824. The van der Waals surface area contributed by atoms with Gasteiger partial charge in [0.2, 0.25) is 0 Å². The van der Waals surface area contributed by atoms with E-state index in [2.05, 4.69) is 5.32 Å². The van der Waals surface area contributed by atoms with Gasteiger partial charge in [0.15, 0.2) is 0 Å². The van der Waals surface area contributed by atoms with Crippen LogP contribution in [0.5, 0.6) is 0 Å². The lowest BCUT2D eigenvalue weighted by molar-refractivity contribution is 0.184. The van der Waals surface area contributed by atoms with Gasteiger partial charge < -0.3 is 14.6 Å². The van der Waals surface area contributed by atoms with Gasteiger partial charge in [-0.05, 0) is 38.8 Å². The van der Waals surface area contributed by atoms with Crippen LogP contribution in [0.1, 0.15) is 38.5 Å². The Labute approximate surface area is 95.6 Å². The van der Waals surface area contributed by atoms with E-state index in [9.17, 15) is 4.79 Å². The second kappa shape index (κ2) is 4.60. The zero-order valence-corrected chi connectivity index (χ0v) is 9.77. The number of likely N-dealkylation sites (tertiary alicyclic amines) is 1. The Bertz CT molecular complexity index is 346. The van der Waals surface area contributed by atoms with Gasteiger partial charge in [0, 0.05) is 12.6 Å². The molecule has 1 fully saturated rings. The van der Waals surface area contributed by atoms with Crippen molar-refractivity contribution in [3.63, 3.8) is 0 Å². The summed E-state index contributed by atoms with van der Waals surface area (Å²) in [5, 5.41) is 2.92. The molecular formula is C12H18N2O2. The normalized spacial score (nSPS) is 20.4. The third-order valence-electron chi connectivity index (χ3n) is 2.80. The van der Waals surface area contributed by atoms with E-state index in [1.165, 1.54) is 0 Å². The molecular weight excluding hydrogens is 204 g/mol. The molecule has 88 valence electrons. The number of furan rings is 1. The molecule has 0 aliphatic carbocycles. The molecule has 16 heavy (non-hydrogen) atoms. The van der Waals surface area contributed by atoms with Crippen LogP contribution in [-0.4, -0.2) is 23.5 Å². The first kappa shape index (κ1) is 11.0. The van der Waals surface area contributed by atoms with Crippen LogP contribution in [-0.2, 0) is 0 Å². The van der Waals surface area contributed by atoms with Crippen LogP contribution in [0.3, 0.4) is 0 Å².